The van der Waals surface area contributed by atoms with E-state index in [0.717, 1.165) is 0 Å². The van der Waals surface area contributed by atoms with E-state index >= 15 is 0 Å². The van der Waals surface area contributed by atoms with Gasteiger partial charge in [0, 0.05) is 19.6 Å². The highest BCUT2D eigenvalue weighted by molar-refractivity contribution is 5.93. The Morgan fingerprint density at radius 3 is 2.84 bits per heavy atom. The minimum atomic E-state index is -0.722. The van der Waals surface area contributed by atoms with Crippen LogP contribution in [-0.2, 0) is 4.79 Å². The molecule has 0 saturated carbocycles. The number of hydrogen-bond acceptors (Lipinski definition) is 3. The molecular formula is C12H15FN4O2. The third kappa shape index (κ3) is 3.00. The SMILES string of the molecule is NC(=O)C1CNCCN1C(=O)Nc1ccccc1F. The molecule has 1 aliphatic rings. The number of halogens is 1. The Labute approximate surface area is 109 Å². The zero-order chi connectivity index (χ0) is 13.8. The van der Waals surface area contributed by atoms with Gasteiger partial charge in [0.2, 0.25) is 5.91 Å². The highest BCUT2D eigenvalue weighted by Gasteiger charge is 2.30. The van der Waals surface area contributed by atoms with Crippen LogP contribution in [0.2, 0.25) is 0 Å². The zero-order valence-electron chi connectivity index (χ0n) is 10.2. The summed E-state index contributed by atoms with van der Waals surface area (Å²) in [6.45, 7) is 1.21. The van der Waals surface area contributed by atoms with Crippen LogP contribution in [0.5, 0.6) is 0 Å². The molecule has 1 aromatic carbocycles. The number of rotatable bonds is 2. The van der Waals surface area contributed by atoms with Gasteiger partial charge in [0.25, 0.3) is 0 Å². The lowest BCUT2D eigenvalue weighted by atomic mass is 10.2. The van der Waals surface area contributed by atoms with E-state index in [1.165, 1.54) is 23.1 Å². The predicted octanol–water partition coefficient (Wildman–Crippen LogP) is 0.117. The van der Waals surface area contributed by atoms with Crippen LogP contribution in [0.1, 0.15) is 0 Å². The van der Waals surface area contributed by atoms with E-state index in [0.29, 0.717) is 19.6 Å². The van der Waals surface area contributed by atoms with Crippen LogP contribution in [-0.4, -0.2) is 42.5 Å². The minimum absolute atomic E-state index is 0.0780. The summed E-state index contributed by atoms with van der Waals surface area (Å²) in [7, 11) is 0. The number of piperazine rings is 1. The fourth-order valence-electron chi connectivity index (χ4n) is 1.95. The van der Waals surface area contributed by atoms with Crippen molar-refractivity contribution in [3.8, 4) is 0 Å². The molecule has 0 aliphatic carbocycles. The maximum absolute atomic E-state index is 13.4. The third-order valence-electron chi connectivity index (χ3n) is 2.95. The first-order valence-corrected chi connectivity index (χ1v) is 5.92. The highest BCUT2D eigenvalue weighted by atomic mass is 19.1. The molecule has 0 spiro atoms. The molecule has 1 atom stereocenters. The Morgan fingerprint density at radius 1 is 1.42 bits per heavy atom. The second-order valence-corrected chi connectivity index (χ2v) is 4.23. The fraction of sp³-hybridized carbons (Fsp3) is 0.333. The molecule has 1 saturated heterocycles. The van der Waals surface area contributed by atoms with Crippen molar-refractivity contribution in [1.82, 2.24) is 10.2 Å². The van der Waals surface area contributed by atoms with E-state index in [1.807, 2.05) is 0 Å². The van der Waals surface area contributed by atoms with Gasteiger partial charge in [-0.1, -0.05) is 12.1 Å². The van der Waals surface area contributed by atoms with Crippen molar-refractivity contribution in [2.75, 3.05) is 25.0 Å². The monoisotopic (exact) mass is 266 g/mol. The van der Waals surface area contributed by atoms with Crippen molar-refractivity contribution in [2.45, 2.75) is 6.04 Å². The Balaban J connectivity index is 2.10. The molecule has 1 heterocycles. The van der Waals surface area contributed by atoms with Crippen molar-refractivity contribution >= 4 is 17.6 Å². The molecule has 0 bridgehead atoms. The Hall–Kier alpha value is -2.15. The largest absolute Gasteiger partial charge is 0.368 e. The number of amides is 3. The van der Waals surface area contributed by atoms with Gasteiger partial charge in [0.05, 0.1) is 5.69 Å². The van der Waals surface area contributed by atoms with Crippen LogP contribution in [0.15, 0.2) is 24.3 Å². The molecule has 0 aromatic heterocycles. The smallest absolute Gasteiger partial charge is 0.322 e. The molecule has 19 heavy (non-hydrogen) atoms. The van der Waals surface area contributed by atoms with Gasteiger partial charge < -0.3 is 21.3 Å². The quantitative estimate of drug-likeness (QED) is 0.710. The molecule has 102 valence electrons. The maximum Gasteiger partial charge on any atom is 0.322 e. The lowest BCUT2D eigenvalue weighted by Gasteiger charge is -2.34. The highest BCUT2D eigenvalue weighted by Crippen LogP contribution is 2.14. The van der Waals surface area contributed by atoms with Crippen molar-refractivity contribution in [2.24, 2.45) is 5.73 Å². The van der Waals surface area contributed by atoms with Crippen molar-refractivity contribution in [1.29, 1.82) is 0 Å². The lowest BCUT2D eigenvalue weighted by Crippen LogP contribution is -2.59. The third-order valence-corrected chi connectivity index (χ3v) is 2.95. The van der Waals surface area contributed by atoms with Gasteiger partial charge in [0.1, 0.15) is 11.9 Å². The number of anilines is 1. The summed E-state index contributed by atoms with van der Waals surface area (Å²) in [4.78, 5) is 24.6. The number of nitrogens with zero attached hydrogens (tertiary/aromatic N) is 1. The molecule has 1 aliphatic heterocycles. The summed E-state index contributed by atoms with van der Waals surface area (Å²) in [6.07, 6.45) is 0. The molecule has 3 amide bonds. The number of carbonyl (C=O) groups is 2. The van der Waals surface area contributed by atoms with Crippen LogP contribution >= 0.6 is 0 Å². The summed E-state index contributed by atoms with van der Waals surface area (Å²) < 4.78 is 13.4. The Bertz CT molecular complexity index is 494. The number of nitrogens with two attached hydrogens (primary N) is 1. The van der Waals surface area contributed by atoms with E-state index < -0.39 is 23.8 Å². The summed E-state index contributed by atoms with van der Waals surface area (Å²) in [5.74, 6) is -1.11. The standard InChI is InChI=1S/C12H15FN4O2/c13-8-3-1-2-4-9(8)16-12(19)17-6-5-15-7-10(17)11(14)18/h1-4,10,15H,5-7H2,(H2,14,18)(H,16,19). The molecular weight excluding hydrogens is 251 g/mol. The molecule has 2 rings (SSSR count). The molecule has 1 aromatic rings. The number of nitrogens with one attached hydrogen (secondary N) is 2. The van der Waals surface area contributed by atoms with Gasteiger partial charge in [-0.2, -0.15) is 0 Å². The van der Waals surface area contributed by atoms with Crippen LogP contribution in [0, 0.1) is 5.82 Å². The fourth-order valence-corrected chi connectivity index (χ4v) is 1.95. The van der Waals surface area contributed by atoms with Gasteiger partial charge >= 0.3 is 6.03 Å². The summed E-state index contributed by atoms with van der Waals surface area (Å²) >= 11 is 0. The van der Waals surface area contributed by atoms with Crippen molar-refractivity contribution in [3.05, 3.63) is 30.1 Å². The zero-order valence-corrected chi connectivity index (χ0v) is 10.2. The van der Waals surface area contributed by atoms with E-state index in [4.69, 9.17) is 5.73 Å². The van der Waals surface area contributed by atoms with Crippen molar-refractivity contribution in [3.63, 3.8) is 0 Å². The van der Waals surface area contributed by atoms with Crippen LogP contribution in [0.3, 0.4) is 0 Å². The number of carbonyl (C=O) groups excluding carboxylic acids is 2. The van der Waals surface area contributed by atoms with Gasteiger partial charge in [-0.3, -0.25) is 4.79 Å². The van der Waals surface area contributed by atoms with Crippen LogP contribution in [0.4, 0.5) is 14.9 Å². The number of para-hydroxylation sites is 1. The molecule has 0 radical (unpaired) electrons. The van der Waals surface area contributed by atoms with E-state index in [1.54, 1.807) is 6.07 Å². The molecule has 4 N–H and O–H groups in total. The summed E-state index contributed by atoms with van der Waals surface area (Å²) in [6, 6.07) is 4.59. The molecule has 1 fully saturated rings. The second kappa shape index (κ2) is 5.66. The lowest BCUT2D eigenvalue weighted by molar-refractivity contribution is -0.122. The number of benzene rings is 1. The van der Waals surface area contributed by atoms with E-state index in [2.05, 4.69) is 10.6 Å². The minimum Gasteiger partial charge on any atom is -0.368 e. The topological polar surface area (TPSA) is 87.5 Å². The second-order valence-electron chi connectivity index (χ2n) is 4.23. The first-order valence-electron chi connectivity index (χ1n) is 5.92. The number of urea groups is 1. The summed E-state index contributed by atoms with van der Waals surface area (Å²) in [5.41, 5.74) is 5.32. The first-order chi connectivity index (χ1) is 9.09. The molecule has 1 unspecified atom stereocenters. The van der Waals surface area contributed by atoms with Crippen LogP contribution in [0.25, 0.3) is 0 Å². The van der Waals surface area contributed by atoms with Gasteiger partial charge in [0.15, 0.2) is 0 Å². The summed E-state index contributed by atoms with van der Waals surface area (Å²) in [5, 5.41) is 5.42. The van der Waals surface area contributed by atoms with Gasteiger partial charge in [-0.05, 0) is 12.1 Å². The number of primary amides is 1. The number of hydrogen-bond donors (Lipinski definition) is 3. The van der Waals surface area contributed by atoms with Gasteiger partial charge in [-0.15, -0.1) is 0 Å². The van der Waals surface area contributed by atoms with Crippen molar-refractivity contribution < 1.29 is 14.0 Å². The molecule has 6 nitrogen and oxygen atoms in total. The Kier molecular flexibility index (Phi) is 3.96. The van der Waals surface area contributed by atoms with E-state index in [-0.39, 0.29) is 5.69 Å². The average molecular weight is 266 g/mol. The van der Waals surface area contributed by atoms with Crippen LogP contribution < -0.4 is 16.4 Å². The normalized spacial score (nSPS) is 19.0. The first kappa shape index (κ1) is 13.3. The maximum atomic E-state index is 13.4. The predicted molar refractivity (Wildman–Crippen MR) is 68.0 cm³/mol. The van der Waals surface area contributed by atoms with Gasteiger partial charge in [-0.25, -0.2) is 9.18 Å². The molecule has 7 heteroatoms. The van der Waals surface area contributed by atoms with E-state index in [9.17, 15) is 14.0 Å². The Morgan fingerprint density at radius 2 is 2.16 bits per heavy atom. The average Bonchev–Trinajstić information content (AvgIpc) is 2.41.